The number of carbonyl (C=O) groups excluding carboxylic acids is 2. The SMILES string of the molecule is CCCNC(=O)CN(C)[C@@H](C(=O)N1CCCCC1)c1ccccc1. The molecule has 1 N–H and O–H groups in total. The molecule has 1 aliphatic heterocycles. The van der Waals surface area contributed by atoms with E-state index in [4.69, 9.17) is 0 Å². The molecule has 5 nitrogen and oxygen atoms in total. The predicted molar refractivity (Wildman–Crippen MR) is 95.5 cm³/mol. The number of likely N-dealkylation sites (tertiary alicyclic amines) is 1. The summed E-state index contributed by atoms with van der Waals surface area (Å²) in [6.07, 6.45) is 4.22. The minimum Gasteiger partial charge on any atom is -0.355 e. The van der Waals surface area contributed by atoms with Gasteiger partial charge >= 0.3 is 0 Å². The lowest BCUT2D eigenvalue weighted by molar-refractivity contribution is -0.138. The van der Waals surface area contributed by atoms with Crippen LogP contribution in [-0.4, -0.2) is 54.8 Å². The van der Waals surface area contributed by atoms with Crippen LogP contribution in [0.5, 0.6) is 0 Å². The molecule has 0 unspecified atom stereocenters. The molecule has 132 valence electrons. The van der Waals surface area contributed by atoms with Crippen molar-refractivity contribution in [3.05, 3.63) is 35.9 Å². The van der Waals surface area contributed by atoms with Gasteiger partial charge in [0.2, 0.25) is 11.8 Å². The van der Waals surface area contributed by atoms with Crippen molar-refractivity contribution < 1.29 is 9.59 Å². The highest BCUT2D eigenvalue weighted by atomic mass is 16.2. The van der Waals surface area contributed by atoms with Crippen molar-refractivity contribution in [1.82, 2.24) is 15.1 Å². The summed E-state index contributed by atoms with van der Waals surface area (Å²) in [4.78, 5) is 29.0. The first kappa shape index (κ1) is 18.5. The third-order valence-electron chi connectivity index (χ3n) is 4.42. The second-order valence-corrected chi connectivity index (χ2v) is 6.46. The van der Waals surface area contributed by atoms with Crippen LogP contribution < -0.4 is 5.32 Å². The first-order valence-electron chi connectivity index (χ1n) is 8.94. The lowest BCUT2D eigenvalue weighted by atomic mass is 10.0. The van der Waals surface area contributed by atoms with Crippen molar-refractivity contribution in [1.29, 1.82) is 0 Å². The number of hydrogen-bond donors (Lipinski definition) is 1. The molecule has 5 heteroatoms. The van der Waals surface area contributed by atoms with Crippen molar-refractivity contribution in [3.8, 4) is 0 Å². The van der Waals surface area contributed by atoms with E-state index in [9.17, 15) is 9.59 Å². The fourth-order valence-corrected chi connectivity index (χ4v) is 3.15. The Morgan fingerprint density at radius 2 is 1.83 bits per heavy atom. The van der Waals surface area contributed by atoms with Crippen molar-refractivity contribution in [2.45, 2.75) is 38.6 Å². The monoisotopic (exact) mass is 331 g/mol. The minimum absolute atomic E-state index is 0.0354. The van der Waals surface area contributed by atoms with Crippen LogP contribution in [0.25, 0.3) is 0 Å². The van der Waals surface area contributed by atoms with Crippen molar-refractivity contribution in [3.63, 3.8) is 0 Å². The smallest absolute Gasteiger partial charge is 0.244 e. The Hall–Kier alpha value is -1.88. The topological polar surface area (TPSA) is 52.7 Å². The number of rotatable bonds is 7. The van der Waals surface area contributed by atoms with Crippen molar-refractivity contribution >= 4 is 11.8 Å². The Bertz CT molecular complexity index is 527. The summed E-state index contributed by atoms with van der Waals surface area (Å²) >= 11 is 0. The van der Waals surface area contributed by atoms with Crippen LogP contribution in [0.2, 0.25) is 0 Å². The zero-order valence-electron chi connectivity index (χ0n) is 14.8. The maximum atomic E-state index is 13.1. The normalized spacial score (nSPS) is 16.0. The van der Waals surface area contributed by atoms with E-state index in [-0.39, 0.29) is 18.4 Å². The van der Waals surface area contributed by atoms with E-state index in [0.29, 0.717) is 6.54 Å². The van der Waals surface area contributed by atoms with Gasteiger partial charge in [-0.2, -0.15) is 0 Å². The molecule has 0 aliphatic carbocycles. The molecule has 1 aromatic carbocycles. The molecule has 1 heterocycles. The number of carbonyl (C=O) groups is 2. The van der Waals surface area contributed by atoms with E-state index in [2.05, 4.69) is 5.32 Å². The number of hydrogen-bond acceptors (Lipinski definition) is 3. The van der Waals surface area contributed by atoms with Gasteiger partial charge in [-0.05, 0) is 38.3 Å². The lowest BCUT2D eigenvalue weighted by Gasteiger charge is -2.34. The minimum atomic E-state index is -0.406. The van der Waals surface area contributed by atoms with E-state index >= 15 is 0 Å². The van der Waals surface area contributed by atoms with Gasteiger partial charge in [0.25, 0.3) is 0 Å². The van der Waals surface area contributed by atoms with Crippen LogP contribution in [0.15, 0.2) is 30.3 Å². The molecular formula is C19H29N3O2. The average molecular weight is 331 g/mol. The van der Waals surface area contributed by atoms with E-state index in [1.165, 1.54) is 6.42 Å². The third-order valence-corrected chi connectivity index (χ3v) is 4.42. The van der Waals surface area contributed by atoms with Crippen molar-refractivity contribution in [2.75, 3.05) is 33.2 Å². The van der Waals surface area contributed by atoms with Crippen LogP contribution in [0, 0.1) is 0 Å². The number of likely N-dealkylation sites (N-methyl/N-ethyl adjacent to an activating group) is 1. The van der Waals surface area contributed by atoms with Gasteiger partial charge in [0, 0.05) is 19.6 Å². The maximum absolute atomic E-state index is 13.1. The summed E-state index contributed by atoms with van der Waals surface area (Å²) in [5.74, 6) is 0.0680. The molecule has 0 radical (unpaired) electrons. The predicted octanol–water partition coefficient (Wildman–Crippen LogP) is 2.20. The summed E-state index contributed by atoms with van der Waals surface area (Å²) in [6, 6.07) is 9.35. The summed E-state index contributed by atoms with van der Waals surface area (Å²) < 4.78 is 0. The fourth-order valence-electron chi connectivity index (χ4n) is 3.15. The van der Waals surface area contributed by atoms with Crippen LogP contribution in [0.4, 0.5) is 0 Å². The Labute approximate surface area is 145 Å². The Kier molecular flexibility index (Phi) is 7.25. The molecule has 24 heavy (non-hydrogen) atoms. The van der Waals surface area contributed by atoms with Gasteiger partial charge < -0.3 is 10.2 Å². The Morgan fingerprint density at radius 1 is 1.17 bits per heavy atom. The van der Waals surface area contributed by atoms with E-state index < -0.39 is 6.04 Å². The zero-order valence-corrected chi connectivity index (χ0v) is 14.8. The van der Waals surface area contributed by atoms with Crippen molar-refractivity contribution in [2.24, 2.45) is 0 Å². The highest BCUT2D eigenvalue weighted by Gasteiger charge is 2.30. The highest BCUT2D eigenvalue weighted by Crippen LogP contribution is 2.23. The first-order valence-corrected chi connectivity index (χ1v) is 8.94. The molecule has 1 aromatic rings. The van der Waals surface area contributed by atoms with Crippen LogP contribution in [0.3, 0.4) is 0 Å². The molecule has 1 fully saturated rings. The van der Waals surface area contributed by atoms with Crippen LogP contribution in [-0.2, 0) is 9.59 Å². The molecule has 2 rings (SSSR count). The quantitative estimate of drug-likeness (QED) is 0.833. The van der Waals surface area contributed by atoms with Gasteiger partial charge in [-0.25, -0.2) is 0 Å². The summed E-state index contributed by atoms with van der Waals surface area (Å²) in [5.41, 5.74) is 0.943. The summed E-state index contributed by atoms with van der Waals surface area (Å²) in [6.45, 7) is 4.55. The van der Waals surface area contributed by atoms with Gasteiger partial charge in [-0.1, -0.05) is 37.3 Å². The molecule has 0 saturated carbocycles. The molecule has 1 saturated heterocycles. The molecule has 0 spiro atoms. The first-order chi connectivity index (χ1) is 11.6. The number of benzene rings is 1. The molecule has 0 aromatic heterocycles. The van der Waals surface area contributed by atoms with E-state index in [1.807, 2.05) is 54.1 Å². The van der Waals surface area contributed by atoms with Crippen LogP contribution in [0.1, 0.15) is 44.2 Å². The molecule has 2 amide bonds. The highest BCUT2D eigenvalue weighted by molar-refractivity contribution is 5.85. The second-order valence-electron chi connectivity index (χ2n) is 6.46. The zero-order chi connectivity index (χ0) is 17.4. The van der Waals surface area contributed by atoms with Gasteiger partial charge in [-0.3, -0.25) is 14.5 Å². The van der Waals surface area contributed by atoms with E-state index in [0.717, 1.165) is 37.9 Å². The number of nitrogens with zero attached hydrogens (tertiary/aromatic N) is 2. The maximum Gasteiger partial charge on any atom is 0.244 e. The second kappa shape index (κ2) is 9.42. The Balaban J connectivity index is 2.13. The summed E-state index contributed by atoms with van der Waals surface area (Å²) in [5, 5.41) is 2.88. The van der Waals surface area contributed by atoms with Gasteiger partial charge in [0.1, 0.15) is 6.04 Å². The fraction of sp³-hybridized carbons (Fsp3) is 0.579. The average Bonchev–Trinajstić information content (AvgIpc) is 2.61. The molecule has 1 aliphatic rings. The molecular weight excluding hydrogens is 302 g/mol. The van der Waals surface area contributed by atoms with Gasteiger partial charge in [0.15, 0.2) is 0 Å². The van der Waals surface area contributed by atoms with Gasteiger partial charge in [0.05, 0.1) is 6.54 Å². The lowest BCUT2D eigenvalue weighted by Crippen LogP contribution is -2.46. The molecule has 0 bridgehead atoms. The molecule has 1 atom stereocenters. The van der Waals surface area contributed by atoms with E-state index in [1.54, 1.807) is 0 Å². The summed E-state index contributed by atoms with van der Waals surface area (Å²) in [7, 11) is 1.85. The standard InChI is InChI=1S/C19H29N3O2/c1-3-12-20-17(23)15-21(2)18(16-10-6-4-7-11-16)19(24)22-13-8-5-9-14-22/h4,6-7,10-11,18H,3,5,8-9,12-15H2,1-2H3,(H,20,23)/t18-/m1/s1. The number of piperidine rings is 1. The van der Waals surface area contributed by atoms with Crippen LogP contribution >= 0.6 is 0 Å². The third kappa shape index (κ3) is 5.06. The van der Waals surface area contributed by atoms with Gasteiger partial charge in [-0.15, -0.1) is 0 Å². The number of nitrogens with one attached hydrogen (secondary N) is 1. The number of amides is 2. The Morgan fingerprint density at radius 3 is 2.46 bits per heavy atom. The largest absolute Gasteiger partial charge is 0.355 e.